The fraction of sp³-hybridized carbons (Fsp3) is 0.333. The van der Waals surface area contributed by atoms with Crippen molar-refractivity contribution in [3.05, 3.63) is 38.0 Å². The Morgan fingerprint density at radius 2 is 2.24 bits per heavy atom. The van der Waals surface area contributed by atoms with Gasteiger partial charge in [-0.25, -0.2) is 4.98 Å². The molecule has 0 bridgehead atoms. The highest BCUT2D eigenvalue weighted by Gasteiger charge is 2.07. The maximum absolute atomic E-state index is 11.6. The van der Waals surface area contributed by atoms with Crippen LogP contribution in [0.3, 0.4) is 0 Å². The Hall–Kier alpha value is -0.940. The van der Waals surface area contributed by atoms with Gasteiger partial charge in [0.15, 0.2) is 5.82 Å². The SMILES string of the molecule is CC(C)Cc1cc(=O)[nH]c(-c2cc(Br)cs2)n1. The summed E-state index contributed by atoms with van der Waals surface area (Å²) >= 11 is 4.96. The lowest BCUT2D eigenvalue weighted by atomic mass is 10.1. The molecule has 0 saturated heterocycles. The summed E-state index contributed by atoms with van der Waals surface area (Å²) in [7, 11) is 0. The maximum atomic E-state index is 11.6. The topological polar surface area (TPSA) is 45.8 Å². The van der Waals surface area contributed by atoms with Gasteiger partial charge in [0.25, 0.3) is 5.56 Å². The average Bonchev–Trinajstić information content (AvgIpc) is 2.62. The van der Waals surface area contributed by atoms with E-state index < -0.39 is 0 Å². The zero-order valence-corrected chi connectivity index (χ0v) is 12.1. The number of aromatic amines is 1. The monoisotopic (exact) mass is 312 g/mol. The van der Waals surface area contributed by atoms with Gasteiger partial charge in [0.1, 0.15) is 0 Å². The van der Waals surface area contributed by atoms with Crippen LogP contribution in [-0.4, -0.2) is 9.97 Å². The van der Waals surface area contributed by atoms with Gasteiger partial charge in [-0.1, -0.05) is 13.8 Å². The van der Waals surface area contributed by atoms with E-state index in [0.717, 1.165) is 21.5 Å². The third kappa shape index (κ3) is 3.26. The van der Waals surface area contributed by atoms with Crippen LogP contribution in [0.5, 0.6) is 0 Å². The lowest BCUT2D eigenvalue weighted by Gasteiger charge is -2.05. The summed E-state index contributed by atoms with van der Waals surface area (Å²) in [6.45, 7) is 4.23. The van der Waals surface area contributed by atoms with E-state index >= 15 is 0 Å². The van der Waals surface area contributed by atoms with E-state index in [0.29, 0.717) is 11.7 Å². The van der Waals surface area contributed by atoms with Crippen molar-refractivity contribution >= 4 is 27.3 Å². The number of rotatable bonds is 3. The van der Waals surface area contributed by atoms with Crippen molar-refractivity contribution in [2.24, 2.45) is 5.92 Å². The minimum atomic E-state index is -0.0878. The van der Waals surface area contributed by atoms with Crippen molar-refractivity contribution < 1.29 is 0 Å². The smallest absolute Gasteiger partial charge is 0.251 e. The van der Waals surface area contributed by atoms with Crippen LogP contribution in [0.4, 0.5) is 0 Å². The fourth-order valence-electron chi connectivity index (χ4n) is 1.58. The van der Waals surface area contributed by atoms with Crippen LogP contribution in [0.25, 0.3) is 10.7 Å². The molecule has 3 nitrogen and oxygen atoms in total. The Morgan fingerprint density at radius 3 is 2.82 bits per heavy atom. The molecule has 17 heavy (non-hydrogen) atoms. The Bertz CT molecular complexity index is 574. The highest BCUT2D eigenvalue weighted by Crippen LogP contribution is 2.26. The summed E-state index contributed by atoms with van der Waals surface area (Å²) in [4.78, 5) is 19.8. The van der Waals surface area contributed by atoms with Crippen molar-refractivity contribution in [2.75, 3.05) is 0 Å². The molecule has 0 aliphatic heterocycles. The molecular formula is C12H13BrN2OS. The van der Waals surface area contributed by atoms with E-state index in [4.69, 9.17) is 0 Å². The summed E-state index contributed by atoms with van der Waals surface area (Å²) in [6, 6.07) is 3.54. The molecule has 2 rings (SSSR count). The average molecular weight is 313 g/mol. The molecule has 0 aliphatic rings. The number of thiophene rings is 1. The third-order valence-electron chi connectivity index (χ3n) is 2.21. The first-order valence-electron chi connectivity index (χ1n) is 5.39. The number of H-pyrrole nitrogens is 1. The highest BCUT2D eigenvalue weighted by molar-refractivity contribution is 9.10. The molecule has 0 spiro atoms. The maximum Gasteiger partial charge on any atom is 0.251 e. The van der Waals surface area contributed by atoms with Crippen LogP contribution < -0.4 is 5.56 Å². The minimum absolute atomic E-state index is 0.0878. The molecule has 90 valence electrons. The Kier molecular flexibility index (Phi) is 3.79. The normalized spacial score (nSPS) is 11.1. The first kappa shape index (κ1) is 12.5. The summed E-state index contributed by atoms with van der Waals surface area (Å²) in [5.74, 6) is 1.15. The summed E-state index contributed by atoms with van der Waals surface area (Å²) in [5, 5.41) is 1.98. The molecule has 0 fully saturated rings. The number of nitrogens with zero attached hydrogens (tertiary/aromatic N) is 1. The number of halogens is 1. The predicted molar refractivity (Wildman–Crippen MR) is 74.4 cm³/mol. The molecule has 0 unspecified atom stereocenters. The Morgan fingerprint density at radius 1 is 1.47 bits per heavy atom. The van der Waals surface area contributed by atoms with Crippen molar-refractivity contribution in [1.82, 2.24) is 9.97 Å². The molecule has 2 heterocycles. The Balaban J connectivity index is 2.41. The number of hydrogen-bond donors (Lipinski definition) is 1. The van der Waals surface area contributed by atoms with Crippen LogP contribution in [0.2, 0.25) is 0 Å². The molecule has 1 N–H and O–H groups in total. The van der Waals surface area contributed by atoms with Gasteiger partial charge in [0.05, 0.1) is 4.88 Å². The minimum Gasteiger partial charge on any atom is -0.306 e. The van der Waals surface area contributed by atoms with Crippen LogP contribution in [0.1, 0.15) is 19.5 Å². The molecule has 0 amide bonds. The van der Waals surface area contributed by atoms with Crippen molar-refractivity contribution in [2.45, 2.75) is 20.3 Å². The molecule has 2 aromatic rings. The van der Waals surface area contributed by atoms with E-state index in [-0.39, 0.29) is 5.56 Å². The van der Waals surface area contributed by atoms with E-state index in [1.165, 1.54) is 0 Å². The fourth-order valence-corrected chi connectivity index (χ4v) is 2.96. The quantitative estimate of drug-likeness (QED) is 0.943. The first-order chi connectivity index (χ1) is 8.04. The third-order valence-corrected chi connectivity index (χ3v) is 3.91. The number of hydrogen-bond acceptors (Lipinski definition) is 3. The summed E-state index contributed by atoms with van der Waals surface area (Å²) in [6.07, 6.45) is 0.823. The predicted octanol–water partition coefficient (Wildman–Crippen LogP) is 3.46. The van der Waals surface area contributed by atoms with Gasteiger partial charge in [-0.3, -0.25) is 4.79 Å². The molecule has 0 radical (unpaired) electrons. The van der Waals surface area contributed by atoms with E-state index in [1.54, 1.807) is 17.4 Å². The van der Waals surface area contributed by atoms with E-state index in [1.807, 2.05) is 11.4 Å². The van der Waals surface area contributed by atoms with Gasteiger partial charge in [-0.2, -0.15) is 0 Å². The standard InChI is InChI=1S/C12H13BrN2OS/c1-7(2)3-9-5-11(16)15-12(14-9)10-4-8(13)6-17-10/h4-7H,3H2,1-2H3,(H,14,15,16). The number of aromatic nitrogens is 2. The van der Waals surface area contributed by atoms with Gasteiger partial charge >= 0.3 is 0 Å². The van der Waals surface area contributed by atoms with Crippen LogP contribution in [-0.2, 0) is 6.42 Å². The zero-order chi connectivity index (χ0) is 12.4. The van der Waals surface area contributed by atoms with E-state index in [2.05, 4.69) is 39.7 Å². The van der Waals surface area contributed by atoms with Crippen LogP contribution in [0.15, 0.2) is 26.8 Å². The molecular weight excluding hydrogens is 300 g/mol. The lowest BCUT2D eigenvalue weighted by molar-refractivity contribution is 0.634. The van der Waals surface area contributed by atoms with Gasteiger partial charge in [-0.15, -0.1) is 11.3 Å². The molecule has 2 aromatic heterocycles. The van der Waals surface area contributed by atoms with Gasteiger partial charge in [-0.05, 0) is 34.3 Å². The zero-order valence-electron chi connectivity index (χ0n) is 9.66. The van der Waals surface area contributed by atoms with Gasteiger partial charge in [0.2, 0.25) is 0 Å². The number of nitrogens with one attached hydrogen (secondary N) is 1. The second kappa shape index (κ2) is 5.14. The largest absolute Gasteiger partial charge is 0.306 e. The molecule has 0 aliphatic carbocycles. The highest BCUT2D eigenvalue weighted by atomic mass is 79.9. The first-order valence-corrected chi connectivity index (χ1v) is 7.06. The van der Waals surface area contributed by atoms with Gasteiger partial charge < -0.3 is 4.98 Å². The second-order valence-electron chi connectivity index (χ2n) is 4.31. The van der Waals surface area contributed by atoms with Crippen LogP contribution in [0, 0.1) is 5.92 Å². The second-order valence-corrected chi connectivity index (χ2v) is 6.14. The van der Waals surface area contributed by atoms with Crippen LogP contribution >= 0.6 is 27.3 Å². The molecule has 0 saturated carbocycles. The molecule has 5 heteroatoms. The lowest BCUT2D eigenvalue weighted by Crippen LogP contribution is -2.11. The Labute approximate surface area is 112 Å². The molecule has 0 atom stereocenters. The summed E-state index contributed by atoms with van der Waals surface area (Å²) < 4.78 is 1.01. The van der Waals surface area contributed by atoms with Gasteiger partial charge in [0, 0.05) is 21.6 Å². The van der Waals surface area contributed by atoms with Crippen molar-refractivity contribution in [3.63, 3.8) is 0 Å². The van der Waals surface area contributed by atoms with Crippen molar-refractivity contribution in [3.8, 4) is 10.7 Å². The molecule has 0 aromatic carbocycles. The van der Waals surface area contributed by atoms with Crippen molar-refractivity contribution in [1.29, 1.82) is 0 Å². The van der Waals surface area contributed by atoms with E-state index in [9.17, 15) is 4.79 Å². The summed E-state index contributed by atoms with van der Waals surface area (Å²) in [5.41, 5.74) is 0.762.